The van der Waals surface area contributed by atoms with E-state index in [1.807, 2.05) is 35.3 Å². The van der Waals surface area contributed by atoms with Gasteiger partial charge in [0, 0.05) is 24.6 Å². The van der Waals surface area contributed by atoms with Crippen molar-refractivity contribution in [3.8, 4) is 0 Å². The molecule has 0 aromatic carbocycles. The number of aromatic nitrogens is 5. The average Bonchev–Trinajstić information content (AvgIpc) is 3.21. The molecule has 1 fully saturated rings. The van der Waals surface area contributed by atoms with Crippen molar-refractivity contribution < 1.29 is 0 Å². The van der Waals surface area contributed by atoms with Crippen molar-refractivity contribution in [3.63, 3.8) is 0 Å². The quantitative estimate of drug-likeness (QED) is 0.793. The molecule has 1 saturated heterocycles. The van der Waals surface area contributed by atoms with Gasteiger partial charge in [0.25, 0.3) is 0 Å². The molecule has 1 aliphatic rings. The summed E-state index contributed by atoms with van der Waals surface area (Å²) in [4.78, 5) is 14.7. The largest absolute Gasteiger partial charge is 0.340 e. The van der Waals surface area contributed by atoms with Crippen LogP contribution in [0, 0.1) is 0 Å². The Morgan fingerprint density at radius 1 is 1.29 bits per heavy atom. The van der Waals surface area contributed by atoms with E-state index in [1.165, 1.54) is 12.8 Å². The number of likely N-dealkylation sites (tertiary alicyclic amines) is 1. The molecule has 0 unspecified atom stereocenters. The summed E-state index contributed by atoms with van der Waals surface area (Å²) in [6.07, 6.45) is 8.11. The van der Waals surface area contributed by atoms with Crippen LogP contribution in [0.3, 0.4) is 0 Å². The van der Waals surface area contributed by atoms with Crippen LogP contribution in [0.2, 0.25) is 0 Å². The number of nitrogens with zero attached hydrogens (tertiary/aromatic N) is 5. The molecule has 6 nitrogen and oxygen atoms in total. The van der Waals surface area contributed by atoms with E-state index in [0.717, 1.165) is 36.6 Å². The molecule has 3 aromatic heterocycles. The van der Waals surface area contributed by atoms with Crippen molar-refractivity contribution in [2.75, 3.05) is 6.54 Å². The van der Waals surface area contributed by atoms with E-state index in [-0.39, 0.29) is 0 Å². The van der Waals surface area contributed by atoms with Gasteiger partial charge in [0.05, 0.1) is 18.6 Å². The number of imidazole rings is 1. The highest BCUT2D eigenvalue weighted by Crippen LogP contribution is 2.21. The first-order chi connectivity index (χ1) is 10.4. The Labute approximate surface area is 122 Å². The third-order valence-electron chi connectivity index (χ3n) is 4.12. The van der Waals surface area contributed by atoms with E-state index < -0.39 is 0 Å². The normalized spacial score (nSPS) is 19.5. The van der Waals surface area contributed by atoms with Gasteiger partial charge in [-0.3, -0.25) is 9.58 Å². The van der Waals surface area contributed by atoms with E-state index in [1.54, 1.807) is 6.20 Å². The summed E-state index contributed by atoms with van der Waals surface area (Å²) in [6, 6.07) is 6.46. The Hall–Kier alpha value is -2.21. The van der Waals surface area contributed by atoms with Crippen LogP contribution in [0.5, 0.6) is 0 Å². The third-order valence-corrected chi connectivity index (χ3v) is 4.12. The molecule has 1 atom stereocenters. The van der Waals surface area contributed by atoms with E-state index in [2.05, 4.69) is 25.0 Å². The minimum absolute atomic E-state index is 0.533. The number of nitrogens with one attached hydrogen (secondary N) is 1. The highest BCUT2D eigenvalue weighted by atomic mass is 15.3. The van der Waals surface area contributed by atoms with Crippen LogP contribution in [0.15, 0.2) is 36.8 Å². The molecule has 0 aliphatic carbocycles. The van der Waals surface area contributed by atoms with E-state index >= 15 is 0 Å². The van der Waals surface area contributed by atoms with Crippen molar-refractivity contribution in [2.45, 2.75) is 32.0 Å². The highest BCUT2D eigenvalue weighted by molar-refractivity contribution is 5.69. The van der Waals surface area contributed by atoms with Gasteiger partial charge >= 0.3 is 0 Å². The zero-order chi connectivity index (χ0) is 14.1. The number of pyridine rings is 1. The standard InChI is InChI=1S/C15H18N6/c1-5-13-15(16-6-1)19-14(18-13)11-20-8-2-4-12(20)10-21-9-3-7-17-21/h1,3,5-7,9,12H,2,4,8,10-11H2,(H,16,18,19)/t12-/m1/s1. The second-order valence-corrected chi connectivity index (χ2v) is 5.55. The molecule has 0 spiro atoms. The maximum absolute atomic E-state index is 4.58. The number of hydrogen-bond acceptors (Lipinski definition) is 4. The van der Waals surface area contributed by atoms with Crippen LogP contribution in [0.25, 0.3) is 11.2 Å². The Balaban J connectivity index is 1.49. The fraction of sp³-hybridized carbons (Fsp3) is 0.400. The van der Waals surface area contributed by atoms with Gasteiger partial charge in [0.1, 0.15) is 5.82 Å². The van der Waals surface area contributed by atoms with Gasteiger partial charge in [0.2, 0.25) is 0 Å². The first-order valence-corrected chi connectivity index (χ1v) is 7.39. The number of rotatable bonds is 4. The van der Waals surface area contributed by atoms with Gasteiger partial charge in [-0.1, -0.05) is 0 Å². The van der Waals surface area contributed by atoms with Gasteiger partial charge < -0.3 is 4.98 Å². The first kappa shape index (κ1) is 12.5. The van der Waals surface area contributed by atoms with Crippen LogP contribution in [-0.2, 0) is 13.1 Å². The van der Waals surface area contributed by atoms with Gasteiger partial charge in [0.15, 0.2) is 5.65 Å². The Bertz CT molecular complexity index is 684. The van der Waals surface area contributed by atoms with Gasteiger partial charge in [-0.05, 0) is 37.6 Å². The summed E-state index contributed by atoms with van der Waals surface area (Å²) in [5.41, 5.74) is 1.81. The molecule has 3 aromatic rings. The van der Waals surface area contributed by atoms with Crippen LogP contribution in [0.1, 0.15) is 18.7 Å². The molecule has 0 amide bonds. The van der Waals surface area contributed by atoms with Crippen molar-refractivity contribution in [3.05, 3.63) is 42.6 Å². The molecule has 6 heteroatoms. The minimum Gasteiger partial charge on any atom is -0.340 e. The lowest BCUT2D eigenvalue weighted by atomic mass is 10.2. The topological polar surface area (TPSA) is 62.6 Å². The van der Waals surface area contributed by atoms with E-state index in [9.17, 15) is 0 Å². The molecular weight excluding hydrogens is 264 g/mol. The second kappa shape index (κ2) is 5.29. The zero-order valence-corrected chi connectivity index (χ0v) is 11.8. The van der Waals surface area contributed by atoms with Gasteiger partial charge in [-0.2, -0.15) is 5.10 Å². The predicted octanol–water partition coefficient (Wildman–Crippen LogP) is 1.82. The summed E-state index contributed by atoms with van der Waals surface area (Å²) in [6.45, 7) is 2.92. The molecule has 4 heterocycles. The number of aromatic amines is 1. The summed E-state index contributed by atoms with van der Waals surface area (Å²) in [7, 11) is 0. The maximum atomic E-state index is 4.58. The van der Waals surface area contributed by atoms with E-state index in [0.29, 0.717) is 6.04 Å². The fourth-order valence-corrected chi connectivity index (χ4v) is 3.10. The summed E-state index contributed by atoms with van der Waals surface area (Å²) < 4.78 is 2.02. The van der Waals surface area contributed by atoms with E-state index in [4.69, 9.17) is 0 Å². The fourth-order valence-electron chi connectivity index (χ4n) is 3.10. The predicted molar refractivity (Wildman–Crippen MR) is 79.5 cm³/mol. The Kier molecular flexibility index (Phi) is 3.16. The van der Waals surface area contributed by atoms with Crippen LogP contribution < -0.4 is 0 Å². The second-order valence-electron chi connectivity index (χ2n) is 5.55. The van der Waals surface area contributed by atoms with Crippen molar-refractivity contribution >= 4 is 11.2 Å². The van der Waals surface area contributed by atoms with Crippen molar-refractivity contribution in [2.24, 2.45) is 0 Å². The molecule has 1 N–H and O–H groups in total. The monoisotopic (exact) mass is 282 g/mol. The molecule has 4 rings (SSSR count). The number of fused-ring (bicyclic) bond motifs is 1. The lowest BCUT2D eigenvalue weighted by Gasteiger charge is -2.23. The SMILES string of the molecule is c1cnc2nc(CN3CCC[C@@H]3Cn3cccn3)[nH]c2c1. The maximum Gasteiger partial charge on any atom is 0.177 e. The smallest absolute Gasteiger partial charge is 0.177 e. The summed E-state index contributed by atoms with van der Waals surface area (Å²) in [5, 5.41) is 4.31. The Morgan fingerprint density at radius 3 is 3.14 bits per heavy atom. The molecule has 0 saturated carbocycles. The number of H-pyrrole nitrogens is 1. The lowest BCUT2D eigenvalue weighted by molar-refractivity contribution is 0.215. The first-order valence-electron chi connectivity index (χ1n) is 7.39. The summed E-state index contributed by atoms with van der Waals surface area (Å²) in [5.74, 6) is 0.996. The minimum atomic E-state index is 0.533. The molecule has 0 bridgehead atoms. The van der Waals surface area contributed by atoms with Crippen LogP contribution >= 0.6 is 0 Å². The van der Waals surface area contributed by atoms with Crippen LogP contribution in [-0.4, -0.2) is 42.2 Å². The van der Waals surface area contributed by atoms with Crippen molar-refractivity contribution in [1.29, 1.82) is 0 Å². The molecule has 1 aliphatic heterocycles. The lowest BCUT2D eigenvalue weighted by Crippen LogP contribution is -2.33. The molecule has 21 heavy (non-hydrogen) atoms. The van der Waals surface area contributed by atoms with Gasteiger partial charge in [-0.25, -0.2) is 9.97 Å². The Morgan fingerprint density at radius 2 is 2.29 bits per heavy atom. The molecule has 0 radical (unpaired) electrons. The summed E-state index contributed by atoms with van der Waals surface area (Å²) >= 11 is 0. The molecule has 108 valence electrons. The third kappa shape index (κ3) is 2.54. The van der Waals surface area contributed by atoms with Crippen molar-refractivity contribution in [1.82, 2.24) is 29.6 Å². The average molecular weight is 282 g/mol. The zero-order valence-electron chi connectivity index (χ0n) is 11.8. The van der Waals surface area contributed by atoms with Gasteiger partial charge in [-0.15, -0.1) is 0 Å². The molecular formula is C15H18N6. The highest BCUT2D eigenvalue weighted by Gasteiger charge is 2.25. The van der Waals surface area contributed by atoms with Crippen LogP contribution in [0.4, 0.5) is 0 Å². The number of hydrogen-bond donors (Lipinski definition) is 1.